The Kier molecular flexibility index (Phi) is 5.26. The molecule has 0 aliphatic heterocycles. The van der Waals surface area contributed by atoms with Crippen LogP contribution in [-0.4, -0.2) is 11.7 Å². The molecular formula is C17H27NO. The van der Waals surface area contributed by atoms with Crippen molar-refractivity contribution in [2.45, 2.75) is 58.4 Å². The predicted molar refractivity (Wildman–Crippen MR) is 80.5 cm³/mol. The fourth-order valence-electron chi connectivity index (χ4n) is 3.14. The standard InChI is InChI=1S/C17H27NO/c1-13-9-10-17(19)16(12-13)14(2)18-11-5-8-15-6-3-4-7-15/h9-10,12,14-15,18-19H,3-8,11H2,1-2H3. The Hall–Kier alpha value is -1.02. The lowest BCUT2D eigenvalue weighted by atomic mass is 10.0. The van der Waals surface area contributed by atoms with Gasteiger partial charge in [0.25, 0.3) is 0 Å². The highest BCUT2D eigenvalue weighted by molar-refractivity contribution is 5.37. The molecule has 2 N–H and O–H groups in total. The minimum absolute atomic E-state index is 0.225. The molecule has 1 fully saturated rings. The van der Waals surface area contributed by atoms with Gasteiger partial charge in [0.1, 0.15) is 5.75 Å². The molecule has 0 bridgehead atoms. The lowest BCUT2D eigenvalue weighted by Gasteiger charge is -2.17. The summed E-state index contributed by atoms with van der Waals surface area (Å²) >= 11 is 0. The molecule has 1 aromatic rings. The van der Waals surface area contributed by atoms with Crippen LogP contribution in [0.3, 0.4) is 0 Å². The molecule has 2 nitrogen and oxygen atoms in total. The van der Waals surface area contributed by atoms with Gasteiger partial charge in [0.05, 0.1) is 0 Å². The van der Waals surface area contributed by atoms with Crippen LogP contribution in [0.1, 0.15) is 62.6 Å². The first-order valence-corrected chi connectivity index (χ1v) is 7.69. The summed E-state index contributed by atoms with van der Waals surface area (Å²) in [7, 11) is 0. The van der Waals surface area contributed by atoms with E-state index in [0.29, 0.717) is 5.75 Å². The summed E-state index contributed by atoms with van der Waals surface area (Å²) in [4.78, 5) is 0. The Morgan fingerprint density at radius 3 is 2.79 bits per heavy atom. The largest absolute Gasteiger partial charge is 0.508 e. The number of phenolic OH excluding ortho intramolecular Hbond substituents is 1. The summed E-state index contributed by atoms with van der Waals surface area (Å²) in [5.74, 6) is 1.38. The molecule has 0 spiro atoms. The second-order valence-corrected chi connectivity index (χ2v) is 6.03. The van der Waals surface area contributed by atoms with Gasteiger partial charge in [-0.15, -0.1) is 0 Å². The van der Waals surface area contributed by atoms with Crippen LogP contribution in [0.15, 0.2) is 18.2 Å². The fourth-order valence-corrected chi connectivity index (χ4v) is 3.14. The monoisotopic (exact) mass is 261 g/mol. The summed E-state index contributed by atoms with van der Waals surface area (Å²) in [6, 6.07) is 6.04. The van der Waals surface area contributed by atoms with Gasteiger partial charge >= 0.3 is 0 Å². The molecule has 1 atom stereocenters. The van der Waals surface area contributed by atoms with E-state index in [9.17, 15) is 5.11 Å². The zero-order chi connectivity index (χ0) is 13.7. The van der Waals surface area contributed by atoms with E-state index in [0.717, 1.165) is 18.0 Å². The first kappa shape index (κ1) is 14.4. The first-order valence-electron chi connectivity index (χ1n) is 7.69. The van der Waals surface area contributed by atoms with E-state index in [1.165, 1.54) is 44.1 Å². The number of aromatic hydroxyl groups is 1. The average Bonchev–Trinajstić information content (AvgIpc) is 2.90. The Labute approximate surface area is 117 Å². The maximum absolute atomic E-state index is 9.89. The Bertz CT molecular complexity index is 396. The van der Waals surface area contributed by atoms with Crippen LogP contribution >= 0.6 is 0 Å². The lowest BCUT2D eigenvalue weighted by molar-refractivity contribution is 0.437. The molecule has 0 aromatic heterocycles. The van der Waals surface area contributed by atoms with Crippen molar-refractivity contribution in [2.24, 2.45) is 5.92 Å². The molecule has 1 unspecified atom stereocenters. The van der Waals surface area contributed by atoms with Crippen LogP contribution in [0.5, 0.6) is 5.75 Å². The van der Waals surface area contributed by atoms with E-state index in [4.69, 9.17) is 0 Å². The number of hydrogen-bond donors (Lipinski definition) is 2. The van der Waals surface area contributed by atoms with Crippen molar-refractivity contribution in [3.63, 3.8) is 0 Å². The highest BCUT2D eigenvalue weighted by Crippen LogP contribution is 2.28. The van der Waals surface area contributed by atoms with Crippen molar-refractivity contribution in [3.8, 4) is 5.75 Å². The van der Waals surface area contributed by atoms with Gasteiger partial charge in [-0.05, 0) is 45.2 Å². The quantitative estimate of drug-likeness (QED) is 0.747. The normalized spacial score (nSPS) is 17.8. The average molecular weight is 261 g/mol. The third-order valence-electron chi connectivity index (χ3n) is 4.36. The van der Waals surface area contributed by atoms with E-state index in [-0.39, 0.29) is 6.04 Å². The zero-order valence-corrected chi connectivity index (χ0v) is 12.3. The molecule has 0 amide bonds. The Morgan fingerprint density at radius 1 is 1.32 bits per heavy atom. The number of rotatable bonds is 6. The third-order valence-corrected chi connectivity index (χ3v) is 4.36. The van der Waals surface area contributed by atoms with E-state index >= 15 is 0 Å². The van der Waals surface area contributed by atoms with Gasteiger partial charge in [0.15, 0.2) is 0 Å². The highest BCUT2D eigenvalue weighted by atomic mass is 16.3. The van der Waals surface area contributed by atoms with Crippen LogP contribution in [0.2, 0.25) is 0 Å². The molecule has 1 aliphatic rings. The molecule has 1 saturated carbocycles. The molecule has 1 aliphatic carbocycles. The number of nitrogens with one attached hydrogen (secondary N) is 1. The van der Waals surface area contributed by atoms with E-state index in [2.05, 4.69) is 25.2 Å². The van der Waals surface area contributed by atoms with Crippen molar-refractivity contribution in [1.82, 2.24) is 5.32 Å². The van der Waals surface area contributed by atoms with Crippen molar-refractivity contribution in [1.29, 1.82) is 0 Å². The van der Waals surface area contributed by atoms with Crippen molar-refractivity contribution < 1.29 is 5.11 Å². The fraction of sp³-hybridized carbons (Fsp3) is 0.647. The molecule has 0 heterocycles. The minimum atomic E-state index is 0.225. The van der Waals surface area contributed by atoms with Crippen molar-refractivity contribution >= 4 is 0 Å². The van der Waals surface area contributed by atoms with Crippen LogP contribution in [0.25, 0.3) is 0 Å². The summed E-state index contributed by atoms with van der Waals surface area (Å²) in [6.45, 7) is 5.24. The maximum atomic E-state index is 9.89. The summed E-state index contributed by atoms with van der Waals surface area (Å²) < 4.78 is 0. The molecule has 19 heavy (non-hydrogen) atoms. The zero-order valence-electron chi connectivity index (χ0n) is 12.3. The molecule has 0 saturated heterocycles. The van der Waals surface area contributed by atoms with Gasteiger partial charge in [-0.1, -0.05) is 43.4 Å². The summed E-state index contributed by atoms with van der Waals surface area (Å²) in [5, 5.41) is 13.4. The van der Waals surface area contributed by atoms with Gasteiger partial charge in [0, 0.05) is 11.6 Å². The summed E-state index contributed by atoms with van der Waals surface area (Å²) in [5.41, 5.74) is 2.22. The van der Waals surface area contributed by atoms with E-state index in [1.54, 1.807) is 6.07 Å². The first-order chi connectivity index (χ1) is 9.16. The summed E-state index contributed by atoms with van der Waals surface area (Å²) in [6.07, 6.45) is 8.36. The second-order valence-electron chi connectivity index (χ2n) is 6.03. The van der Waals surface area contributed by atoms with Gasteiger partial charge in [-0.3, -0.25) is 0 Å². The Balaban J connectivity index is 1.74. The van der Waals surface area contributed by atoms with Crippen LogP contribution < -0.4 is 5.32 Å². The van der Waals surface area contributed by atoms with Crippen LogP contribution in [0, 0.1) is 12.8 Å². The number of benzene rings is 1. The van der Waals surface area contributed by atoms with Gasteiger partial charge in [0.2, 0.25) is 0 Å². The molecular weight excluding hydrogens is 234 g/mol. The predicted octanol–water partition coefficient (Wildman–Crippen LogP) is 4.32. The minimum Gasteiger partial charge on any atom is -0.508 e. The molecule has 2 heteroatoms. The SMILES string of the molecule is Cc1ccc(O)c(C(C)NCCCC2CCCC2)c1. The van der Waals surface area contributed by atoms with Crippen molar-refractivity contribution in [2.75, 3.05) is 6.54 Å². The van der Waals surface area contributed by atoms with Gasteiger partial charge in [-0.25, -0.2) is 0 Å². The van der Waals surface area contributed by atoms with E-state index < -0.39 is 0 Å². The van der Waals surface area contributed by atoms with Crippen molar-refractivity contribution in [3.05, 3.63) is 29.3 Å². The number of phenols is 1. The molecule has 1 aromatic carbocycles. The Morgan fingerprint density at radius 2 is 2.05 bits per heavy atom. The van der Waals surface area contributed by atoms with Crippen LogP contribution in [0.4, 0.5) is 0 Å². The highest BCUT2D eigenvalue weighted by Gasteiger charge is 2.14. The van der Waals surface area contributed by atoms with Gasteiger partial charge < -0.3 is 10.4 Å². The number of hydrogen-bond acceptors (Lipinski definition) is 2. The lowest BCUT2D eigenvalue weighted by Crippen LogP contribution is -2.20. The topological polar surface area (TPSA) is 32.3 Å². The molecule has 106 valence electrons. The van der Waals surface area contributed by atoms with Gasteiger partial charge in [-0.2, -0.15) is 0 Å². The number of aryl methyl sites for hydroxylation is 1. The second kappa shape index (κ2) is 6.95. The smallest absolute Gasteiger partial charge is 0.120 e. The van der Waals surface area contributed by atoms with Crippen LogP contribution in [-0.2, 0) is 0 Å². The third kappa shape index (κ3) is 4.24. The van der Waals surface area contributed by atoms with E-state index in [1.807, 2.05) is 6.07 Å². The maximum Gasteiger partial charge on any atom is 0.120 e. The molecule has 2 rings (SSSR count). The molecule has 0 radical (unpaired) electrons.